The molecule has 0 unspecified atom stereocenters. The van der Waals surface area contributed by atoms with Crippen LogP contribution in [0.1, 0.15) is 42.5 Å². The normalized spacial score (nSPS) is 17.5. The van der Waals surface area contributed by atoms with Gasteiger partial charge in [0.05, 0.1) is 4.92 Å². The van der Waals surface area contributed by atoms with Gasteiger partial charge in [0.15, 0.2) is 0 Å². The number of benzene rings is 1. The van der Waals surface area contributed by atoms with E-state index in [1.54, 1.807) is 12.1 Å². The Morgan fingerprint density at radius 3 is 2.54 bits per heavy atom. The second-order valence-corrected chi connectivity index (χ2v) is 7.04. The van der Waals surface area contributed by atoms with Gasteiger partial charge in [0, 0.05) is 30.8 Å². The van der Waals surface area contributed by atoms with E-state index in [0.717, 1.165) is 51.7 Å². The average Bonchev–Trinajstić information content (AvgIpc) is 3.44. The van der Waals surface area contributed by atoms with E-state index in [9.17, 15) is 14.9 Å². The van der Waals surface area contributed by atoms with Gasteiger partial charge in [-0.1, -0.05) is 0 Å². The molecule has 1 saturated carbocycles. The lowest BCUT2D eigenvalue weighted by molar-refractivity contribution is -0.384. The molecule has 0 spiro atoms. The van der Waals surface area contributed by atoms with Crippen LogP contribution in [0.5, 0.6) is 0 Å². The zero-order valence-corrected chi connectivity index (χ0v) is 15.9. The van der Waals surface area contributed by atoms with Gasteiger partial charge in [0.2, 0.25) is 0 Å². The average molecular weight is 383 g/mol. The summed E-state index contributed by atoms with van der Waals surface area (Å²) >= 11 is 0. The predicted octanol–water partition coefficient (Wildman–Crippen LogP) is 3.05. The number of halogens is 1. The van der Waals surface area contributed by atoms with Gasteiger partial charge in [0.1, 0.15) is 5.69 Å². The van der Waals surface area contributed by atoms with E-state index < -0.39 is 4.92 Å². The van der Waals surface area contributed by atoms with Crippen LogP contribution in [-0.4, -0.2) is 48.5 Å². The lowest BCUT2D eigenvalue weighted by Crippen LogP contribution is -2.39. The Morgan fingerprint density at radius 2 is 1.96 bits per heavy atom. The summed E-state index contributed by atoms with van der Waals surface area (Å²) in [6, 6.07) is 5.12. The number of nitro benzene ring substituents is 1. The fourth-order valence-electron chi connectivity index (χ4n) is 3.34. The number of carbonyl (C=O) groups is 1. The third-order valence-corrected chi connectivity index (χ3v) is 5.08. The van der Waals surface area contributed by atoms with E-state index in [-0.39, 0.29) is 24.0 Å². The number of nitrogens with one attached hydrogen (secondary N) is 2. The number of carbonyl (C=O) groups excluding carboxylic acids is 1. The number of anilines is 1. The molecule has 0 aromatic heterocycles. The largest absolute Gasteiger partial charge is 0.377 e. The van der Waals surface area contributed by atoms with Crippen molar-refractivity contribution in [2.24, 2.45) is 5.92 Å². The summed E-state index contributed by atoms with van der Waals surface area (Å²) in [6.07, 6.45) is 5.21. The van der Waals surface area contributed by atoms with Crippen LogP contribution >= 0.6 is 12.4 Å². The molecule has 1 heterocycles. The second kappa shape index (κ2) is 9.19. The summed E-state index contributed by atoms with van der Waals surface area (Å²) in [5.74, 6) is 0.545. The van der Waals surface area contributed by atoms with Crippen molar-refractivity contribution in [2.45, 2.75) is 38.1 Å². The van der Waals surface area contributed by atoms with E-state index in [4.69, 9.17) is 0 Å². The maximum absolute atomic E-state index is 12.7. The maximum atomic E-state index is 12.7. The van der Waals surface area contributed by atoms with Crippen LogP contribution in [0.3, 0.4) is 0 Å². The number of nitro groups is 1. The standard InChI is InChI=1S/C18H26N4O3.ClH/c1-19-9-6-13-7-10-21(11-8-13)18(23)14-2-5-16(20-15-3-4-15)17(12-14)22(24)25;/h2,5,12-13,15,19-20H,3-4,6-11H2,1H3;1H. The van der Waals surface area contributed by atoms with Crippen LogP contribution in [0.25, 0.3) is 0 Å². The van der Waals surface area contributed by atoms with Crippen LogP contribution in [0.15, 0.2) is 18.2 Å². The Morgan fingerprint density at radius 1 is 1.27 bits per heavy atom. The minimum absolute atomic E-state index is 0. The highest BCUT2D eigenvalue weighted by Crippen LogP contribution is 2.32. The molecule has 1 aliphatic carbocycles. The highest BCUT2D eigenvalue weighted by atomic mass is 35.5. The van der Waals surface area contributed by atoms with Gasteiger partial charge in [-0.05, 0) is 63.7 Å². The Labute approximate surface area is 160 Å². The number of rotatable bonds is 7. The molecule has 144 valence electrons. The van der Waals surface area contributed by atoms with E-state index in [0.29, 0.717) is 23.2 Å². The van der Waals surface area contributed by atoms with Gasteiger partial charge in [-0.2, -0.15) is 0 Å². The molecule has 1 aromatic rings. The summed E-state index contributed by atoms with van der Waals surface area (Å²) in [7, 11) is 1.95. The molecule has 2 fully saturated rings. The van der Waals surface area contributed by atoms with Gasteiger partial charge >= 0.3 is 0 Å². The molecule has 1 aliphatic heterocycles. The van der Waals surface area contributed by atoms with E-state index in [2.05, 4.69) is 10.6 Å². The second-order valence-electron chi connectivity index (χ2n) is 7.04. The fraction of sp³-hybridized carbons (Fsp3) is 0.611. The first-order chi connectivity index (χ1) is 12.1. The van der Waals surface area contributed by atoms with Crippen molar-refractivity contribution in [1.82, 2.24) is 10.2 Å². The van der Waals surface area contributed by atoms with Crippen molar-refractivity contribution < 1.29 is 9.72 Å². The predicted molar refractivity (Wildman–Crippen MR) is 104 cm³/mol. The number of amides is 1. The van der Waals surface area contributed by atoms with Gasteiger partial charge in [0.25, 0.3) is 11.6 Å². The van der Waals surface area contributed by atoms with Crippen LogP contribution in [0, 0.1) is 16.0 Å². The number of piperidine rings is 1. The molecule has 1 saturated heterocycles. The van der Waals surface area contributed by atoms with Gasteiger partial charge in [-0.3, -0.25) is 14.9 Å². The van der Waals surface area contributed by atoms with Gasteiger partial charge < -0.3 is 15.5 Å². The molecule has 0 atom stereocenters. The molecule has 3 rings (SSSR count). The Kier molecular flexibility index (Phi) is 7.23. The van der Waals surface area contributed by atoms with Crippen LogP contribution in [0.2, 0.25) is 0 Å². The highest BCUT2D eigenvalue weighted by Gasteiger charge is 2.28. The molecule has 1 amide bonds. The van der Waals surface area contributed by atoms with E-state index >= 15 is 0 Å². The topological polar surface area (TPSA) is 87.5 Å². The summed E-state index contributed by atoms with van der Waals surface area (Å²) in [6.45, 7) is 2.45. The monoisotopic (exact) mass is 382 g/mol. The molecule has 1 aromatic carbocycles. The van der Waals surface area contributed by atoms with Crippen molar-refractivity contribution in [3.05, 3.63) is 33.9 Å². The molecule has 26 heavy (non-hydrogen) atoms. The molecule has 0 radical (unpaired) electrons. The van der Waals surface area contributed by atoms with E-state index in [1.165, 1.54) is 6.07 Å². The first kappa shape index (κ1) is 20.5. The molecular formula is C18H27ClN4O3. The molecule has 7 nitrogen and oxygen atoms in total. The lowest BCUT2D eigenvalue weighted by atomic mass is 9.93. The number of nitrogens with zero attached hydrogens (tertiary/aromatic N) is 2. The number of likely N-dealkylation sites (tertiary alicyclic amines) is 1. The zero-order chi connectivity index (χ0) is 17.8. The summed E-state index contributed by atoms with van der Waals surface area (Å²) < 4.78 is 0. The minimum Gasteiger partial charge on any atom is -0.377 e. The summed E-state index contributed by atoms with van der Waals surface area (Å²) in [5, 5.41) is 17.7. The van der Waals surface area contributed by atoms with E-state index in [1.807, 2.05) is 11.9 Å². The first-order valence-electron chi connectivity index (χ1n) is 9.07. The van der Waals surface area contributed by atoms with Crippen LogP contribution in [0.4, 0.5) is 11.4 Å². The van der Waals surface area contributed by atoms with Crippen molar-refractivity contribution in [3.63, 3.8) is 0 Å². The summed E-state index contributed by atoms with van der Waals surface area (Å²) in [5.41, 5.74) is 0.901. The summed E-state index contributed by atoms with van der Waals surface area (Å²) in [4.78, 5) is 25.5. The maximum Gasteiger partial charge on any atom is 0.293 e. The Bertz CT molecular complexity index is 643. The Balaban J connectivity index is 0.00000243. The van der Waals surface area contributed by atoms with Crippen LogP contribution < -0.4 is 10.6 Å². The number of hydrogen-bond acceptors (Lipinski definition) is 5. The third-order valence-electron chi connectivity index (χ3n) is 5.08. The molecular weight excluding hydrogens is 356 g/mol. The van der Waals surface area contributed by atoms with Crippen LogP contribution in [-0.2, 0) is 0 Å². The van der Waals surface area contributed by atoms with Crippen molar-refractivity contribution in [2.75, 3.05) is 32.0 Å². The molecule has 2 aliphatic rings. The first-order valence-corrected chi connectivity index (χ1v) is 9.07. The lowest BCUT2D eigenvalue weighted by Gasteiger charge is -2.32. The SMILES string of the molecule is CNCCC1CCN(C(=O)c2ccc(NC3CC3)c([N+](=O)[O-])c2)CC1.Cl. The van der Waals surface area contributed by atoms with Gasteiger partial charge in [-0.25, -0.2) is 0 Å². The Hall–Kier alpha value is -1.86. The quantitative estimate of drug-likeness (QED) is 0.559. The fourth-order valence-corrected chi connectivity index (χ4v) is 3.34. The number of hydrogen-bond donors (Lipinski definition) is 2. The van der Waals surface area contributed by atoms with Crippen molar-refractivity contribution in [3.8, 4) is 0 Å². The van der Waals surface area contributed by atoms with Crippen molar-refractivity contribution in [1.29, 1.82) is 0 Å². The highest BCUT2D eigenvalue weighted by molar-refractivity contribution is 5.95. The van der Waals surface area contributed by atoms with Gasteiger partial charge in [-0.15, -0.1) is 12.4 Å². The molecule has 0 bridgehead atoms. The minimum atomic E-state index is -0.411. The zero-order valence-electron chi connectivity index (χ0n) is 15.1. The smallest absolute Gasteiger partial charge is 0.293 e. The molecule has 8 heteroatoms. The third kappa shape index (κ3) is 5.08. The van der Waals surface area contributed by atoms with Crippen molar-refractivity contribution >= 4 is 29.7 Å². The molecule has 2 N–H and O–H groups in total.